The molecule has 2 heterocycles. The largest absolute Gasteiger partial charge is 0.426 e. The van der Waals surface area contributed by atoms with Crippen LogP contribution in [0.2, 0.25) is 0 Å². The van der Waals surface area contributed by atoms with E-state index in [2.05, 4.69) is 23.6 Å². The van der Waals surface area contributed by atoms with Gasteiger partial charge in [-0.25, -0.2) is 4.79 Å². The zero-order chi connectivity index (χ0) is 20.0. The molecule has 0 aliphatic heterocycles. The molecule has 0 atom stereocenters. The fourth-order valence-corrected chi connectivity index (χ4v) is 3.79. The van der Waals surface area contributed by atoms with Gasteiger partial charge in [0.15, 0.2) is 0 Å². The third-order valence-corrected chi connectivity index (χ3v) is 5.28. The highest BCUT2D eigenvalue weighted by molar-refractivity contribution is 5.87. The predicted octanol–water partition coefficient (Wildman–Crippen LogP) is 4.42. The highest BCUT2D eigenvalue weighted by atomic mass is 16.5. The molecule has 2 aromatic carbocycles. The summed E-state index contributed by atoms with van der Waals surface area (Å²) >= 11 is 0. The first kappa shape index (κ1) is 18.0. The molecule has 5 nitrogen and oxygen atoms in total. The average Bonchev–Trinajstić information content (AvgIpc) is 2.87. The second-order valence-electron chi connectivity index (χ2n) is 7.12. The summed E-state index contributed by atoms with van der Waals surface area (Å²) in [6.45, 7) is 5.30. The molecule has 0 unspecified atom stereocenters. The Morgan fingerprint density at radius 1 is 1.11 bits per heavy atom. The SMILES string of the molecule is CC(=O)Oc1cc2c(C)cc(=O)oc2cc1Cc1c(C)n(C)c2ccccc12. The lowest BCUT2D eigenvalue weighted by Crippen LogP contribution is -2.06. The molecular formula is C23H21NO4. The second kappa shape index (κ2) is 6.68. The number of fused-ring (bicyclic) bond motifs is 2. The van der Waals surface area contributed by atoms with Gasteiger partial charge in [0.1, 0.15) is 11.3 Å². The van der Waals surface area contributed by atoms with Crippen molar-refractivity contribution in [3.8, 4) is 5.75 Å². The molecule has 0 amide bonds. The number of ether oxygens (including phenoxy) is 1. The zero-order valence-electron chi connectivity index (χ0n) is 16.3. The lowest BCUT2D eigenvalue weighted by Gasteiger charge is -2.12. The molecule has 28 heavy (non-hydrogen) atoms. The van der Waals surface area contributed by atoms with Crippen LogP contribution in [0.4, 0.5) is 0 Å². The smallest absolute Gasteiger partial charge is 0.336 e. The molecule has 142 valence electrons. The molecule has 0 spiro atoms. The summed E-state index contributed by atoms with van der Waals surface area (Å²) in [6, 6.07) is 13.2. The van der Waals surface area contributed by atoms with E-state index >= 15 is 0 Å². The fourth-order valence-electron chi connectivity index (χ4n) is 3.79. The first-order chi connectivity index (χ1) is 13.3. The Kier molecular flexibility index (Phi) is 4.30. The highest BCUT2D eigenvalue weighted by Crippen LogP contribution is 2.33. The molecule has 4 rings (SSSR count). The number of para-hydroxylation sites is 1. The van der Waals surface area contributed by atoms with Crippen molar-refractivity contribution in [2.45, 2.75) is 27.2 Å². The number of carbonyl (C=O) groups is 1. The standard InChI is InChI=1S/C23H21NO4/c1-13-9-23(26)28-22-11-16(21(12-18(13)22)27-15(3)25)10-19-14(2)24(4)20-8-6-5-7-17(19)20/h5-9,11-12H,10H2,1-4H3. The van der Waals surface area contributed by atoms with Gasteiger partial charge >= 0.3 is 11.6 Å². The maximum atomic E-state index is 11.8. The van der Waals surface area contributed by atoms with E-state index in [4.69, 9.17) is 9.15 Å². The van der Waals surface area contributed by atoms with Crippen LogP contribution in [0.3, 0.4) is 0 Å². The normalized spacial score (nSPS) is 11.3. The monoisotopic (exact) mass is 375 g/mol. The van der Waals surface area contributed by atoms with E-state index in [0.717, 1.165) is 38.7 Å². The van der Waals surface area contributed by atoms with Crippen LogP contribution in [-0.2, 0) is 18.3 Å². The van der Waals surface area contributed by atoms with Crippen molar-refractivity contribution in [2.24, 2.45) is 7.05 Å². The Morgan fingerprint density at radius 2 is 1.86 bits per heavy atom. The molecule has 2 aromatic heterocycles. The van der Waals surface area contributed by atoms with Gasteiger partial charge in [-0.15, -0.1) is 0 Å². The van der Waals surface area contributed by atoms with E-state index in [1.165, 1.54) is 13.0 Å². The molecule has 0 aliphatic rings. The Bertz CT molecular complexity index is 1290. The molecule has 0 N–H and O–H groups in total. The molecule has 0 radical (unpaired) electrons. The van der Waals surface area contributed by atoms with Gasteiger partial charge in [-0.05, 0) is 43.2 Å². The molecule has 0 saturated carbocycles. The van der Waals surface area contributed by atoms with Crippen molar-refractivity contribution in [1.82, 2.24) is 4.57 Å². The first-order valence-electron chi connectivity index (χ1n) is 9.14. The maximum absolute atomic E-state index is 11.8. The van der Waals surface area contributed by atoms with E-state index in [-0.39, 0.29) is 5.97 Å². The quantitative estimate of drug-likeness (QED) is 0.302. The number of esters is 1. The van der Waals surface area contributed by atoms with Gasteiger partial charge in [-0.3, -0.25) is 4.79 Å². The van der Waals surface area contributed by atoms with Crippen LogP contribution in [0.15, 0.2) is 51.7 Å². The summed E-state index contributed by atoms with van der Waals surface area (Å²) < 4.78 is 13.1. The van der Waals surface area contributed by atoms with Crippen LogP contribution >= 0.6 is 0 Å². The maximum Gasteiger partial charge on any atom is 0.336 e. The van der Waals surface area contributed by atoms with Crippen LogP contribution in [0.5, 0.6) is 5.75 Å². The van der Waals surface area contributed by atoms with E-state index in [1.54, 1.807) is 6.07 Å². The minimum atomic E-state index is -0.391. The second-order valence-corrected chi connectivity index (χ2v) is 7.12. The van der Waals surface area contributed by atoms with Crippen molar-refractivity contribution in [2.75, 3.05) is 0 Å². The number of benzene rings is 2. The molecular weight excluding hydrogens is 354 g/mol. The van der Waals surface area contributed by atoms with Crippen LogP contribution in [0, 0.1) is 13.8 Å². The number of hydrogen-bond acceptors (Lipinski definition) is 4. The van der Waals surface area contributed by atoms with Gasteiger partial charge in [0.05, 0.1) is 0 Å². The number of nitrogens with zero attached hydrogens (tertiary/aromatic N) is 1. The Labute approximate surface area is 162 Å². The minimum absolute atomic E-state index is 0.384. The zero-order valence-corrected chi connectivity index (χ0v) is 16.3. The van der Waals surface area contributed by atoms with Crippen LogP contribution in [-0.4, -0.2) is 10.5 Å². The number of aromatic nitrogens is 1. The number of rotatable bonds is 3. The number of carbonyl (C=O) groups excluding carboxylic acids is 1. The Balaban J connectivity index is 1.94. The van der Waals surface area contributed by atoms with Crippen molar-refractivity contribution in [3.05, 3.63) is 75.3 Å². The van der Waals surface area contributed by atoms with Crippen LogP contribution in [0.25, 0.3) is 21.9 Å². The lowest BCUT2D eigenvalue weighted by molar-refractivity contribution is -0.131. The van der Waals surface area contributed by atoms with Crippen molar-refractivity contribution in [1.29, 1.82) is 0 Å². The van der Waals surface area contributed by atoms with Crippen molar-refractivity contribution < 1.29 is 13.9 Å². The summed E-state index contributed by atoms with van der Waals surface area (Å²) in [5.74, 6) is 0.106. The van der Waals surface area contributed by atoms with Gasteiger partial charge in [0, 0.05) is 54.0 Å². The highest BCUT2D eigenvalue weighted by Gasteiger charge is 2.17. The van der Waals surface area contributed by atoms with Crippen LogP contribution < -0.4 is 10.4 Å². The first-order valence-corrected chi connectivity index (χ1v) is 9.14. The van der Waals surface area contributed by atoms with E-state index < -0.39 is 5.63 Å². The van der Waals surface area contributed by atoms with Crippen LogP contribution in [0.1, 0.15) is 29.3 Å². The lowest BCUT2D eigenvalue weighted by atomic mass is 9.99. The minimum Gasteiger partial charge on any atom is -0.426 e. The topological polar surface area (TPSA) is 61.4 Å². The van der Waals surface area contributed by atoms with E-state index in [1.807, 2.05) is 32.2 Å². The van der Waals surface area contributed by atoms with Gasteiger partial charge in [-0.2, -0.15) is 0 Å². The third kappa shape index (κ3) is 2.99. The number of aryl methyl sites for hydroxylation is 2. The van der Waals surface area contributed by atoms with Gasteiger partial charge < -0.3 is 13.7 Å². The Hall–Kier alpha value is -3.34. The van der Waals surface area contributed by atoms with E-state index in [9.17, 15) is 9.59 Å². The predicted molar refractivity (Wildman–Crippen MR) is 109 cm³/mol. The summed E-state index contributed by atoms with van der Waals surface area (Å²) in [6.07, 6.45) is 0.559. The van der Waals surface area contributed by atoms with Gasteiger partial charge in [-0.1, -0.05) is 18.2 Å². The number of hydrogen-bond donors (Lipinski definition) is 0. The summed E-state index contributed by atoms with van der Waals surface area (Å²) in [7, 11) is 2.04. The average molecular weight is 375 g/mol. The molecule has 4 aromatic rings. The molecule has 0 fully saturated rings. The van der Waals surface area contributed by atoms with Gasteiger partial charge in [0.25, 0.3) is 0 Å². The molecule has 5 heteroatoms. The van der Waals surface area contributed by atoms with Gasteiger partial charge in [0.2, 0.25) is 0 Å². The van der Waals surface area contributed by atoms with Crippen molar-refractivity contribution in [3.63, 3.8) is 0 Å². The van der Waals surface area contributed by atoms with E-state index in [0.29, 0.717) is 17.8 Å². The summed E-state index contributed by atoms with van der Waals surface area (Å²) in [5.41, 5.74) is 5.13. The fraction of sp³-hybridized carbons (Fsp3) is 0.217. The summed E-state index contributed by atoms with van der Waals surface area (Å²) in [4.78, 5) is 23.5. The Morgan fingerprint density at radius 3 is 2.61 bits per heavy atom. The third-order valence-electron chi connectivity index (χ3n) is 5.28. The molecule has 0 bridgehead atoms. The molecule has 0 aliphatic carbocycles. The molecule has 0 saturated heterocycles. The van der Waals surface area contributed by atoms with Crippen molar-refractivity contribution >= 4 is 27.8 Å². The summed E-state index contributed by atoms with van der Waals surface area (Å²) in [5, 5.41) is 1.91.